The number of nitrogens with one attached hydrogen (secondary N) is 1. The molecule has 0 atom stereocenters. The van der Waals surface area contributed by atoms with Crippen molar-refractivity contribution in [3.63, 3.8) is 0 Å². The molecule has 5 heteroatoms. The molecule has 0 unspecified atom stereocenters. The summed E-state index contributed by atoms with van der Waals surface area (Å²) in [5, 5.41) is 8.68. The predicted molar refractivity (Wildman–Crippen MR) is 119 cm³/mol. The lowest BCUT2D eigenvalue weighted by atomic mass is 10.0. The second-order valence-corrected chi connectivity index (χ2v) is 7.24. The Labute approximate surface area is 171 Å². The van der Waals surface area contributed by atoms with Crippen LogP contribution in [0.15, 0.2) is 47.3 Å². The lowest BCUT2D eigenvalue weighted by molar-refractivity contribution is 0.102. The third kappa shape index (κ3) is 4.39. The minimum absolute atomic E-state index is 0.142. The molecule has 29 heavy (non-hydrogen) atoms. The number of carbonyl (C=O) groups is 1. The summed E-state index contributed by atoms with van der Waals surface area (Å²) in [6.07, 6.45) is 4.60. The molecule has 0 radical (unpaired) electrons. The molecule has 2 aromatic carbocycles. The largest absolute Gasteiger partial charge is 0.320 e. The SMILES string of the molecule is CCCCCn1nc(C(=O)Nc2c(CC)cccc2CC)c2ccccc2c1=O. The summed E-state index contributed by atoms with van der Waals surface area (Å²) in [4.78, 5) is 26.1. The van der Waals surface area contributed by atoms with E-state index in [1.807, 2.05) is 30.3 Å². The van der Waals surface area contributed by atoms with Crippen LogP contribution in [0.1, 0.15) is 61.6 Å². The lowest BCUT2D eigenvalue weighted by Crippen LogP contribution is -2.28. The molecule has 0 fully saturated rings. The van der Waals surface area contributed by atoms with E-state index in [0.29, 0.717) is 23.0 Å². The Balaban J connectivity index is 2.06. The monoisotopic (exact) mass is 391 g/mol. The topological polar surface area (TPSA) is 64.0 Å². The summed E-state index contributed by atoms with van der Waals surface area (Å²) in [7, 11) is 0. The molecular weight excluding hydrogens is 362 g/mol. The van der Waals surface area contributed by atoms with Gasteiger partial charge in [0, 0.05) is 17.6 Å². The normalized spacial score (nSPS) is 11.0. The van der Waals surface area contributed by atoms with Crippen LogP contribution in [-0.2, 0) is 19.4 Å². The molecule has 1 aromatic heterocycles. The number of carbonyl (C=O) groups excluding carboxylic acids is 1. The van der Waals surface area contributed by atoms with Gasteiger partial charge in [-0.1, -0.05) is 70.0 Å². The van der Waals surface area contributed by atoms with Crippen LogP contribution in [0.2, 0.25) is 0 Å². The Hall–Kier alpha value is -2.95. The molecular formula is C24H29N3O2. The number of para-hydroxylation sites is 1. The highest BCUT2D eigenvalue weighted by molar-refractivity contribution is 6.11. The molecule has 0 saturated carbocycles. The van der Waals surface area contributed by atoms with Crippen LogP contribution in [0, 0.1) is 0 Å². The fourth-order valence-corrected chi connectivity index (χ4v) is 3.64. The van der Waals surface area contributed by atoms with Crippen molar-refractivity contribution in [2.75, 3.05) is 5.32 Å². The maximum absolute atomic E-state index is 13.3. The molecule has 0 aliphatic carbocycles. The van der Waals surface area contributed by atoms with Gasteiger partial charge in [-0.2, -0.15) is 5.10 Å². The van der Waals surface area contributed by atoms with Gasteiger partial charge >= 0.3 is 0 Å². The van der Waals surface area contributed by atoms with E-state index in [1.54, 1.807) is 12.1 Å². The Morgan fingerprint density at radius 2 is 1.59 bits per heavy atom. The number of benzene rings is 2. The molecule has 0 bridgehead atoms. The average Bonchev–Trinajstić information content (AvgIpc) is 2.75. The second kappa shape index (κ2) is 9.50. The third-order valence-electron chi connectivity index (χ3n) is 5.29. The Morgan fingerprint density at radius 3 is 2.21 bits per heavy atom. The average molecular weight is 392 g/mol. The van der Waals surface area contributed by atoms with Crippen molar-refractivity contribution >= 4 is 22.4 Å². The van der Waals surface area contributed by atoms with Crippen molar-refractivity contribution < 1.29 is 4.79 Å². The number of amides is 1. The first-order valence-corrected chi connectivity index (χ1v) is 10.5. The highest BCUT2D eigenvalue weighted by atomic mass is 16.2. The molecule has 0 saturated heterocycles. The first-order chi connectivity index (χ1) is 14.1. The number of nitrogens with zero attached hydrogens (tertiary/aromatic N) is 2. The van der Waals surface area contributed by atoms with Gasteiger partial charge in [-0.15, -0.1) is 0 Å². The zero-order valence-electron chi connectivity index (χ0n) is 17.5. The molecule has 152 valence electrons. The lowest BCUT2D eigenvalue weighted by Gasteiger charge is -2.15. The number of hydrogen-bond acceptors (Lipinski definition) is 3. The maximum atomic E-state index is 13.3. The molecule has 1 amide bonds. The van der Waals surface area contributed by atoms with E-state index in [0.717, 1.165) is 48.9 Å². The van der Waals surface area contributed by atoms with Crippen molar-refractivity contribution in [3.05, 3.63) is 69.6 Å². The van der Waals surface area contributed by atoms with Gasteiger partial charge in [0.05, 0.1) is 5.39 Å². The number of fused-ring (bicyclic) bond motifs is 1. The van der Waals surface area contributed by atoms with Gasteiger partial charge in [0.1, 0.15) is 0 Å². The van der Waals surface area contributed by atoms with E-state index in [1.165, 1.54) is 4.68 Å². The van der Waals surface area contributed by atoms with Crippen molar-refractivity contribution in [3.8, 4) is 0 Å². The number of rotatable bonds is 8. The van der Waals surface area contributed by atoms with Crippen LogP contribution in [-0.4, -0.2) is 15.7 Å². The summed E-state index contributed by atoms with van der Waals surface area (Å²) >= 11 is 0. The van der Waals surface area contributed by atoms with Crippen LogP contribution in [0.3, 0.4) is 0 Å². The second-order valence-electron chi connectivity index (χ2n) is 7.24. The van der Waals surface area contributed by atoms with Crippen LogP contribution in [0.25, 0.3) is 10.8 Å². The van der Waals surface area contributed by atoms with Crippen LogP contribution < -0.4 is 10.9 Å². The number of anilines is 1. The first kappa shape index (κ1) is 20.8. The van der Waals surface area contributed by atoms with Crippen LogP contribution in [0.4, 0.5) is 5.69 Å². The number of hydrogen-bond donors (Lipinski definition) is 1. The maximum Gasteiger partial charge on any atom is 0.276 e. The molecule has 0 spiro atoms. The molecule has 5 nitrogen and oxygen atoms in total. The molecule has 3 aromatic rings. The first-order valence-electron chi connectivity index (χ1n) is 10.5. The van der Waals surface area contributed by atoms with Crippen LogP contribution in [0.5, 0.6) is 0 Å². The van der Waals surface area contributed by atoms with Gasteiger partial charge in [0.2, 0.25) is 0 Å². The van der Waals surface area contributed by atoms with Crippen molar-refractivity contribution in [1.82, 2.24) is 9.78 Å². The third-order valence-corrected chi connectivity index (χ3v) is 5.29. The minimum atomic E-state index is -0.277. The van der Waals surface area contributed by atoms with Gasteiger partial charge in [-0.3, -0.25) is 9.59 Å². The summed E-state index contributed by atoms with van der Waals surface area (Å²) < 4.78 is 1.44. The Morgan fingerprint density at radius 1 is 0.931 bits per heavy atom. The quantitative estimate of drug-likeness (QED) is 0.552. The zero-order chi connectivity index (χ0) is 20.8. The summed E-state index contributed by atoms with van der Waals surface area (Å²) in [6.45, 7) is 6.79. The molecule has 0 aliphatic rings. The van der Waals surface area contributed by atoms with Crippen LogP contribution >= 0.6 is 0 Å². The van der Waals surface area contributed by atoms with Gasteiger partial charge in [0.25, 0.3) is 11.5 Å². The highest BCUT2D eigenvalue weighted by Gasteiger charge is 2.18. The molecule has 3 rings (SSSR count). The van der Waals surface area contributed by atoms with Gasteiger partial charge in [0.15, 0.2) is 5.69 Å². The zero-order valence-corrected chi connectivity index (χ0v) is 17.5. The number of unbranched alkanes of at least 4 members (excludes halogenated alkanes) is 2. The van der Waals surface area contributed by atoms with E-state index in [4.69, 9.17) is 0 Å². The van der Waals surface area contributed by atoms with E-state index in [-0.39, 0.29) is 11.5 Å². The Kier molecular flexibility index (Phi) is 6.81. The van der Waals surface area contributed by atoms with Crippen molar-refractivity contribution in [2.45, 2.75) is 59.4 Å². The van der Waals surface area contributed by atoms with E-state index in [9.17, 15) is 9.59 Å². The van der Waals surface area contributed by atoms with E-state index < -0.39 is 0 Å². The van der Waals surface area contributed by atoms with E-state index >= 15 is 0 Å². The molecule has 1 heterocycles. The molecule has 0 aliphatic heterocycles. The smallest absolute Gasteiger partial charge is 0.276 e. The fraction of sp³-hybridized carbons (Fsp3) is 0.375. The van der Waals surface area contributed by atoms with Gasteiger partial charge in [-0.05, 0) is 36.5 Å². The van der Waals surface area contributed by atoms with E-state index in [2.05, 4.69) is 31.2 Å². The van der Waals surface area contributed by atoms with Crippen molar-refractivity contribution in [1.29, 1.82) is 0 Å². The standard InChI is InChI=1S/C24H29N3O2/c1-4-7-10-16-27-24(29)20-15-9-8-14-19(20)22(26-27)23(28)25-21-17(5-2)12-11-13-18(21)6-3/h8-9,11-15H,4-7,10,16H2,1-3H3,(H,25,28). The van der Waals surface area contributed by atoms with Gasteiger partial charge in [-0.25, -0.2) is 4.68 Å². The predicted octanol–water partition coefficient (Wildman–Crippen LogP) is 4.96. The minimum Gasteiger partial charge on any atom is -0.320 e. The summed E-state index contributed by atoms with van der Waals surface area (Å²) in [5.41, 5.74) is 3.20. The highest BCUT2D eigenvalue weighted by Crippen LogP contribution is 2.24. The number of aryl methyl sites for hydroxylation is 3. The van der Waals surface area contributed by atoms with Gasteiger partial charge < -0.3 is 5.32 Å². The molecule has 1 N–H and O–H groups in total. The Bertz CT molecular complexity index is 1050. The number of aromatic nitrogens is 2. The fourth-order valence-electron chi connectivity index (χ4n) is 3.64. The van der Waals surface area contributed by atoms with Crippen molar-refractivity contribution in [2.24, 2.45) is 0 Å². The summed E-state index contributed by atoms with van der Waals surface area (Å²) in [5.74, 6) is -0.277. The summed E-state index contributed by atoms with van der Waals surface area (Å²) in [6, 6.07) is 13.3.